The fourth-order valence-electron chi connectivity index (χ4n) is 2.73. The van der Waals surface area contributed by atoms with Gasteiger partial charge in [-0.25, -0.2) is 4.68 Å². The molecule has 0 saturated heterocycles. The molecule has 0 aliphatic heterocycles. The number of carbonyl (C=O) groups excluding carboxylic acids is 1. The van der Waals surface area contributed by atoms with E-state index in [0.29, 0.717) is 34.8 Å². The quantitative estimate of drug-likeness (QED) is 0.238. The van der Waals surface area contributed by atoms with Crippen molar-refractivity contribution in [2.24, 2.45) is 15.8 Å². The standard InChI is InChI=1S/C20H19N5O5S/c1-30-9-8-22-20-24(23-11-14-4-2-3-5-16(14)25(28)29)17(12-31-20)13-6-7-18(26)15(10-13)19(21)27/h2-7,10-12,26H,8-9H2,1H3,(H2,21,27). The second-order valence-electron chi connectivity index (χ2n) is 6.25. The topological polar surface area (TPSA) is 145 Å². The van der Waals surface area contributed by atoms with E-state index in [1.165, 1.54) is 40.4 Å². The number of methoxy groups -OCH3 is 1. The number of aromatic nitrogens is 1. The number of nitro benzene ring substituents is 1. The molecule has 3 aromatic rings. The molecule has 1 amide bonds. The van der Waals surface area contributed by atoms with Gasteiger partial charge in [-0.1, -0.05) is 12.1 Å². The number of aromatic hydroxyl groups is 1. The first-order chi connectivity index (χ1) is 14.9. The Kier molecular flexibility index (Phi) is 6.90. The van der Waals surface area contributed by atoms with E-state index in [4.69, 9.17) is 10.5 Å². The Morgan fingerprint density at radius 2 is 2.13 bits per heavy atom. The Labute approximate surface area is 180 Å². The van der Waals surface area contributed by atoms with E-state index in [9.17, 15) is 20.0 Å². The van der Waals surface area contributed by atoms with Crippen LogP contribution < -0.4 is 10.5 Å². The molecule has 0 spiro atoms. The zero-order valence-corrected chi connectivity index (χ0v) is 17.3. The van der Waals surface area contributed by atoms with Gasteiger partial charge in [0.2, 0.25) is 4.80 Å². The molecule has 0 radical (unpaired) electrons. The van der Waals surface area contributed by atoms with E-state index < -0.39 is 10.8 Å². The summed E-state index contributed by atoms with van der Waals surface area (Å²) >= 11 is 1.30. The number of amides is 1. The molecule has 0 fully saturated rings. The van der Waals surface area contributed by atoms with Gasteiger partial charge in [-0.2, -0.15) is 5.10 Å². The molecule has 0 aliphatic carbocycles. The van der Waals surface area contributed by atoms with Crippen molar-refractivity contribution in [3.05, 3.63) is 73.9 Å². The molecule has 1 aromatic heterocycles. The molecule has 1 heterocycles. The van der Waals surface area contributed by atoms with Crippen LogP contribution in [0.15, 0.2) is 57.9 Å². The predicted octanol–water partition coefficient (Wildman–Crippen LogP) is 2.36. The molecule has 0 bridgehead atoms. The predicted molar refractivity (Wildman–Crippen MR) is 116 cm³/mol. The Balaban J connectivity index is 2.13. The van der Waals surface area contributed by atoms with E-state index in [1.54, 1.807) is 36.8 Å². The van der Waals surface area contributed by atoms with Crippen LogP contribution in [0.1, 0.15) is 15.9 Å². The third-order valence-corrected chi connectivity index (χ3v) is 5.09. The molecule has 0 atom stereocenters. The highest BCUT2D eigenvalue weighted by Crippen LogP contribution is 2.26. The largest absolute Gasteiger partial charge is 0.507 e. The van der Waals surface area contributed by atoms with Gasteiger partial charge in [0, 0.05) is 24.1 Å². The average molecular weight is 441 g/mol. The number of ether oxygens (including phenoxy) is 1. The van der Waals surface area contributed by atoms with Gasteiger partial charge in [0.1, 0.15) is 5.75 Å². The zero-order valence-electron chi connectivity index (χ0n) is 16.5. The van der Waals surface area contributed by atoms with Crippen LogP contribution in [-0.2, 0) is 4.74 Å². The minimum atomic E-state index is -0.769. The number of carbonyl (C=O) groups is 1. The van der Waals surface area contributed by atoms with Gasteiger partial charge in [0.25, 0.3) is 11.6 Å². The van der Waals surface area contributed by atoms with Crippen LogP contribution in [0.4, 0.5) is 5.69 Å². The van der Waals surface area contributed by atoms with Crippen molar-refractivity contribution < 1.29 is 19.6 Å². The van der Waals surface area contributed by atoms with Crippen molar-refractivity contribution in [1.29, 1.82) is 0 Å². The van der Waals surface area contributed by atoms with Gasteiger partial charge in [-0.15, -0.1) is 11.3 Å². The van der Waals surface area contributed by atoms with Crippen molar-refractivity contribution in [2.45, 2.75) is 0 Å². The Morgan fingerprint density at radius 1 is 1.35 bits per heavy atom. The highest BCUT2D eigenvalue weighted by molar-refractivity contribution is 7.07. The van der Waals surface area contributed by atoms with Gasteiger partial charge in [-0.05, 0) is 24.3 Å². The lowest BCUT2D eigenvalue weighted by atomic mass is 10.1. The Morgan fingerprint density at radius 3 is 2.84 bits per heavy atom. The first-order valence-electron chi connectivity index (χ1n) is 9.03. The molecule has 31 heavy (non-hydrogen) atoms. The van der Waals surface area contributed by atoms with E-state index in [0.717, 1.165) is 0 Å². The molecule has 0 unspecified atom stereocenters. The number of hydrogen-bond acceptors (Lipinski definition) is 8. The van der Waals surface area contributed by atoms with Crippen molar-refractivity contribution in [3.63, 3.8) is 0 Å². The van der Waals surface area contributed by atoms with Crippen LogP contribution in [0, 0.1) is 10.1 Å². The van der Waals surface area contributed by atoms with Crippen molar-refractivity contribution in [1.82, 2.24) is 4.68 Å². The van der Waals surface area contributed by atoms with Gasteiger partial charge in [-0.3, -0.25) is 19.9 Å². The van der Waals surface area contributed by atoms with Gasteiger partial charge >= 0.3 is 0 Å². The molecule has 2 aromatic carbocycles. The highest BCUT2D eigenvalue weighted by Gasteiger charge is 2.14. The number of hydrogen-bond donors (Lipinski definition) is 2. The zero-order chi connectivity index (χ0) is 22.4. The molecule has 3 rings (SSSR count). The molecule has 0 saturated carbocycles. The van der Waals surface area contributed by atoms with Crippen LogP contribution in [-0.4, -0.2) is 47.1 Å². The normalized spacial score (nSPS) is 11.8. The van der Waals surface area contributed by atoms with E-state index in [1.807, 2.05) is 0 Å². The maximum Gasteiger partial charge on any atom is 0.278 e. The van der Waals surface area contributed by atoms with Gasteiger partial charge in [0.05, 0.1) is 41.1 Å². The third kappa shape index (κ3) is 5.02. The number of phenols is 1. The van der Waals surface area contributed by atoms with Gasteiger partial charge < -0.3 is 15.6 Å². The summed E-state index contributed by atoms with van der Waals surface area (Å²) < 4.78 is 6.54. The fraction of sp³-hybridized carbons (Fsp3) is 0.150. The number of para-hydroxylation sites is 1. The molecule has 11 heteroatoms. The minimum Gasteiger partial charge on any atom is -0.507 e. The van der Waals surface area contributed by atoms with Crippen LogP contribution in [0.25, 0.3) is 11.3 Å². The van der Waals surface area contributed by atoms with E-state index >= 15 is 0 Å². The molecular weight excluding hydrogens is 422 g/mol. The summed E-state index contributed by atoms with van der Waals surface area (Å²) in [6, 6.07) is 10.7. The first kappa shape index (κ1) is 21.9. The summed E-state index contributed by atoms with van der Waals surface area (Å²) in [6.07, 6.45) is 1.37. The molecule has 160 valence electrons. The summed E-state index contributed by atoms with van der Waals surface area (Å²) in [5.74, 6) is -0.999. The summed E-state index contributed by atoms with van der Waals surface area (Å²) in [5, 5.41) is 27.4. The fourth-order valence-corrected chi connectivity index (χ4v) is 3.59. The van der Waals surface area contributed by atoms with Crippen molar-refractivity contribution in [3.8, 4) is 17.0 Å². The summed E-state index contributed by atoms with van der Waals surface area (Å²) in [7, 11) is 1.57. The lowest BCUT2D eigenvalue weighted by molar-refractivity contribution is -0.385. The number of primary amides is 1. The number of benzene rings is 2. The molecule has 10 nitrogen and oxygen atoms in total. The SMILES string of the molecule is COCCN=c1scc(-c2ccc(O)c(C(N)=O)c2)n1N=Cc1ccccc1[N+](=O)[O-]. The molecular formula is C20H19N5O5S. The number of nitro groups is 1. The lowest BCUT2D eigenvalue weighted by Crippen LogP contribution is -2.14. The first-order valence-corrected chi connectivity index (χ1v) is 9.91. The second-order valence-corrected chi connectivity index (χ2v) is 7.08. The average Bonchev–Trinajstić information content (AvgIpc) is 3.15. The second kappa shape index (κ2) is 9.78. The van der Waals surface area contributed by atoms with Crippen molar-refractivity contribution in [2.75, 3.05) is 20.3 Å². The lowest BCUT2D eigenvalue weighted by Gasteiger charge is -2.07. The smallest absolute Gasteiger partial charge is 0.278 e. The third-order valence-electron chi connectivity index (χ3n) is 4.23. The Bertz CT molecular complexity index is 1210. The number of nitrogens with two attached hydrogens (primary N) is 1. The minimum absolute atomic E-state index is 0.0317. The van der Waals surface area contributed by atoms with Crippen LogP contribution in [0.5, 0.6) is 5.75 Å². The summed E-state index contributed by atoms with van der Waals surface area (Å²) in [6.45, 7) is 0.797. The molecule has 3 N–H and O–H groups in total. The number of rotatable bonds is 8. The van der Waals surface area contributed by atoms with Gasteiger partial charge in [0.15, 0.2) is 0 Å². The maximum absolute atomic E-state index is 11.6. The highest BCUT2D eigenvalue weighted by atomic mass is 32.1. The van der Waals surface area contributed by atoms with E-state index in [2.05, 4.69) is 10.1 Å². The van der Waals surface area contributed by atoms with Crippen LogP contribution in [0.3, 0.4) is 0 Å². The van der Waals surface area contributed by atoms with Crippen LogP contribution >= 0.6 is 11.3 Å². The van der Waals surface area contributed by atoms with Crippen LogP contribution in [0.2, 0.25) is 0 Å². The number of nitrogens with zero attached hydrogens (tertiary/aromatic N) is 4. The van der Waals surface area contributed by atoms with E-state index in [-0.39, 0.29) is 17.0 Å². The van der Waals surface area contributed by atoms with Crippen molar-refractivity contribution >= 4 is 29.1 Å². The summed E-state index contributed by atoms with van der Waals surface area (Å²) in [5.41, 5.74) is 6.68. The summed E-state index contributed by atoms with van der Waals surface area (Å²) in [4.78, 5) is 27.4. The maximum atomic E-state index is 11.6. The Hall–Kier alpha value is -3.83. The molecule has 0 aliphatic rings. The number of thiazole rings is 1. The monoisotopic (exact) mass is 441 g/mol.